The number of anilines is 3. The molecule has 75 heavy (non-hydrogen) atoms. The largest absolute Gasteiger partial charge is 0.309 e. The van der Waals surface area contributed by atoms with Crippen LogP contribution in [-0.4, -0.2) is 4.57 Å². The molecule has 12 aromatic carbocycles. The van der Waals surface area contributed by atoms with E-state index in [0.29, 0.717) is 0 Å². The van der Waals surface area contributed by atoms with E-state index in [2.05, 4.69) is 301 Å². The Labute approximate surface area is 437 Å². The van der Waals surface area contributed by atoms with Crippen molar-refractivity contribution in [2.24, 2.45) is 0 Å². The second-order valence-electron chi connectivity index (χ2n) is 19.9. The smallest absolute Gasteiger partial charge is 0.0725 e. The summed E-state index contributed by atoms with van der Waals surface area (Å²) in [5, 5.41) is 2.39. The standard InChI is InChI=1S/C73H48N2/c1-3-22-50(23-4-1)54-26-7-8-27-55(54)56-28-9-10-29-57(56)62-33-14-19-38-68(62)75(71-41-21-40-70-72(71)63-34-15-20-39-69(63)74(70)52-24-5-2-6-25-52)53-45-42-49(43-46-53)51-44-47-61-60-32-13-18-37-66(60)73(67(61)48-51)64-35-16-11-30-58(64)59-31-12-17-36-65(59)73/h1-48H. The molecular formula is C73H48N2. The van der Waals surface area contributed by atoms with Crippen LogP contribution in [0.3, 0.4) is 0 Å². The van der Waals surface area contributed by atoms with E-state index >= 15 is 0 Å². The highest BCUT2D eigenvalue weighted by Gasteiger charge is 2.51. The van der Waals surface area contributed by atoms with Gasteiger partial charge in [0.2, 0.25) is 0 Å². The molecule has 0 aliphatic heterocycles. The van der Waals surface area contributed by atoms with E-state index in [-0.39, 0.29) is 0 Å². The van der Waals surface area contributed by atoms with Crippen molar-refractivity contribution in [2.75, 3.05) is 4.90 Å². The Morgan fingerprint density at radius 1 is 0.267 bits per heavy atom. The lowest BCUT2D eigenvalue weighted by Gasteiger charge is -2.31. The van der Waals surface area contributed by atoms with Gasteiger partial charge in [0.25, 0.3) is 0 Å². The van der Waals surface area contributed by atoms with Gasteiger partial charge in [-0.15, -0.1) is 0 Å². The molecular weight excluding hydrogens is 905 g/mol. The van der Waals surface area contributed by atoms with Crippen LogP contribution in [0.15, 0.2) is 291 Å². The molecule has 350 valence electrons. The summed E-state index contributed by atoms with van der Waals surface area (Å²) in [6.07, 6.45) is 0. The molecule has 1 spiro atoms. The highest BCUT2D eigenvalue weighted by Crippen LogP contribution is 2.63. The normalized spacial score (nSPS) is 12.6. The van der Waals surface area contributed by atoms with E-state index in [0.717, 1.165) is 33.8 Å². The Hall–Kier alpha value is -9.76. The van der Waals surface area contributed by atoms with Crippen LogP contribution in [0.2, 0.25) is 0 Å². The monoisotopic (exact) mass is 952 g/mol. The third kappa shape index (κ3) is 6.46. The van der Waals surface area contributed by atoms with Crippen molar-refractivity contribution in [3.05, 3.63) is 313 Å². The summed E-state index contributed by atoms with van der Waals surface area (Å²) >= 11 is 0. The molecule has 0 N–H and O–H groups in total. The molecule has 0 amide bonds. The highest BCUT2D eigenvalue weighted by molar-refractivity contribution is 6.17. The molecule has 0 radical (unpaired) electrons. The summed E-state index contributed by atoms with van der Waals surface area (Å²) in [5.74, 6) is 0. The Balaban J connectivity index is 0.934. The van der Waals surface area contributed by atoms with Crippen LogP contribution in [0.4, 0.5) is 17.1 Å². The maximum atomic E-state index is 2.50. The first-order valence-electron chi connectivity index (χ1n) is 26.0. The Kier molecular flexibility index (Phi) is 9.83. The van der Waals surface area contributed by atoms with Gasteiger partial charge in [-0.05, 0) is 138 Å². The second kappa shape index (κ2) is 17.2. The van der Waals surface area contributed by atoms with Crippen LogP contribution >= 0.6 is 0 Å². The van der Waals surface area contributed by atoms with Gasteiger partial charge in [0.15, 0.2) is 0 Å². The van der Waals surface area contributed by atoms with Crippen LogP contribution in [0.1, 0.15) is 22.3 Å². The molecule has 15 rings (SSSR count). The van der Waals surface area contributed by atoms with Gasteiger partial charge >= 0.3 is 0 Å². The fourth-order valence-corrected chi connectivity index (χ4v) is 13.0. The third-order valence-electron chi connectivity index (χ3n) is 16.1. The zero-order valence-corrected chi connectivity index (χ0v) is 41.1. The quantitative estimate of drug-likeness (QED) is 0.147. The molecule has 0 saturated heterocycles. The summed E-state index contributed by atoms with van der Waals surface area (Å²) < 4.78 is 2.41. The van der Waals surface area contributed by atoms with Crippen LogP contribution in [0.25, 0.3) is 94.3 Å². The van der Waals surface area contributed by atoms with Crippen molar-refractivity contribution in [1.29, 1.82) is 0 Å². The predicted molar refractivity (Wildman–Crippen MR) is 314 cm³/mol. The molecule has 0 fully saturated rings. The minimum Gasteiger partial charge on any atom is -0.309 e. The lowest BCUT2D eigenvalue weighted by atomic mass is 9.70. The molecule has 2 aliphatic carbocycles. The minimum absolute atomic E-state index is 0.412. The molecule has 0 bridgehead atoms. The third-order valence-corrected chi connectivity index (χ3v) is 16.1. The van der Waals surface area contributed by atoms with Gasteiger partial charge in [0.1, 0.15) is 0 Å². The molecule has 13 aromatic rings. The molecule has 1 heterocycles. The van der Waals surface area contributed by atoms with E-state index in [1.165, 1.54) is 99.7 Å². The van der Waals surface area contributed by atoms with Gasteiger partial charge < -0.3 is 9.47 Å². The number of aromatic nitrogens is 1. The molecule has 2 aliphatic rings. The zero-order valence-electron chi connectivity index (χ0n) is 41.1. The van der Waals surface area contributed by atoms with Gasteiger partial charge in [0, 0.05) is 27.7 Å². The van der Waals surface area contributed by atoms with Crippen LogP contribution in [-0.2, 0) is 5.41 Å². The molecule has 2 nitrogen and oxygen atoms in total. The van der Waals surface area contributed by atoms with Gasteiger partial charge in [0.05, 0.1) is 27.8 Å². The minimum atomic E-state index is -0.412. The lowest BCUT2D eigenvalue weighted by molar-refractivity contribution is 0.794. The summed E-state index contributed by atoms with van der Waals surface area (Å²) in [7, 11) is 0. The van der Waals surface area contributed by atoms with Gasteiger partial charge in [-0.3, -0.25) is 0 Å². The Bertz CT molecular complexity index is 4290. The number of hydrogen-bond donors (Lipinski definition) is 0. The van der Waals surface area contributed by atoms with Gasteiger partial charge in [-0.1, -0.05) is 237 Å². The van der Waals surface area contributed by atoms with Crippen LogP contribution < -0.4 is 4.90 Å². The van der Waals surface area contributed by atoms with Gasteiger partial charge in [-0.2, -0.15) is 0 Å². The predicted octanol–water partition coefficient (Wildman–Crippen LogP) is 19.3. The second-order valence-corrected chi connectivity index (χ2v) is 19.9. The van der Waals surface area contributed by atoms with Crippen molar-refractivity contribution in [2.45, 2.75) is 5.41 Å². The first kappa shape index (κ1) is 42.9. The highest BCUT2D eigenvalue weighted by atomic mass is 15.2. The molecule has 0 unspecified atom stereocenters. The lowest BCUT2D eigenvalue weighted by Crippen LogP contribution is -2.25. The summed E-state index contributed by atoms with van der Waals surface area (Å²) in [4.78, 5) is 2.50. The molecule has 0 saturated carbocycles. The summed E-state index contributed by atoms with van der Waals surface area (Å²) in [5.41, 5.74) is 26.4. The number of rotatable bonds is 8. The summed E-state index contributed by atoms with van der Waals surface area (Å²) in [6, 6.07) is 108. The van der Waals surface area contributed by atoms with Gasteiger partial charge in [-0.25, -0.2) is 0 Å². The number of nitrogens with zero attached hydrogens (tertiary/aromatic N) is 2. The zero-order chi connectivity index (χ0) is 49.5. The van der Waals surface area contributed by atoms with E-state index in [9.17, 15) is 0 Å². The first-order valence-corrected chi connectivity index (χ1v) is 26.0. The number of benzene rings is 12. The maximum Gasteiger partial charge on any atom is 0.0725 e. The van der Waals surface area contributed by atoms with E-state index in [4.69, 9.17) is 0 Å². The molecule has 2 heteroatoms. The maximum absolute atomic E-state index is 2.50. The van der Waals surface area contributed by atoms with Crippen molar-refractivity contribution < 1.29 is 0 Å². The Morgan fingerprint density at radius 2 is 0.720 bits per heavy atom. The topological polar surface area (TPSA) is 8.17 Å². The van der Waals surface area contributed by atoms with Crippen molar-refractivity contribution in [3.63, 3.8) is 0 Å². The van der Waals surface area contributed by atoms with Crippen molar-refractivity contribution in [3.8, 4) is 72.4 Å². The van der Waals surface area contributed by atoms with Crippen LogP contribution in [0.5, 0.6) is 0 Å². The average Bonchev–Trinajstić information content (AvgIpc) is 4.32. The first-order chi connectivity index (χ1) is 37.3. The number of hydrogen-bond acceptors (Lipinski definition) is 1. The van der Waals surface area contributed by atoms with E-state index in [1.54, 1.807) is 0 Å². The summed E-state index contributed by atoms with van der Waals surface area (Å²) in [6.45, 7) is 0. The SMILES string of the molecule is c1ccc(-c2ccccc2-c2ccccc2-c2ccccc2N(c2ccc(-c3ccc4c(c3)C3(c5ccccc5-c5ccccc53)c3ccccc3-4)cc2)c2cccc3c2c2ccccc2n3-c2ccccc2)cc1. The molecule has 0 atom stereocenters. The van der Waals surface area contributed by atoms with Crippen molar-refractivity contribution in [1.82, 2.24) is 4.57 Å². The van der Waals surface area contributed by atoms with Crippen molar-refractivity contribution >= 4 is 38.9 Å². The van der Waals surface area contributed by atoms with E-state index < -0.39 is 5.41 Å². The van der Waals surface area contributed by atoms with E-state index in [1.807, 2.05) is 0 Å². The number of fused-ring (bicyclic) bond motifs is 13. The van der Waals surface area contributed by atoms with Crippen LogP contribution in [0, 0.1) is 0 Å². The fraction of sp³-hybridized carbons (Fsp3) is 0.0137. The number of para-hydroxylation sites is 3. The fourth-order valence-electron chi connectivity index (χ4n) is 13.0. The average molecular weight is 953 g/mol. The Morgan fingerprint density at radius 3 is 1.37 bits per heavy atom. The molecule has 1 aromatic heterocycles.